The molecule has 0 aromatic heterocycles. The van der Waals surface area contributed by atoms with Crippen molar-refractivity contribution in [2.75, 3.05) is 14.2 Å². The van der Waals surface area contributed by atoms with Crippen LogP contribution in [-0.2, 0) is 0 Å². The molecule has 0 radical (unpaired) electrons. The summed E-state index contributed by atoms with van der Waals surface area (Å²) in [7, 11) is 3.19. The molecule has 1 atom stereocenters. The van der Waals surface area contributed by atoms with Crippen LogP contribution in [-0.4, -0.2) is 19.3 Å². The zero-order valence-corrected chi connectivity index (χ0v) is 10.6. The summed E-state index contributed by atoms with van der Waals surface area (Å²) >= 11 is 0. The topological polar surface area (TPSA) is 38.7 Å². The van der Waals surface area contributed by atoms with Crippen molar-refractivity contribution in [3.05, 3.63) is 23.3 Å². The molecule has 0 fully saturated rings. The first-order valence-electron chi connectivity index (χ1n) is 5.41. The van der Waals surface area contributed by atoms with Crippen LogP contribution in [0.5, 0.6) is 11.5 Å². The van der Waals surface area contributed by atoms with Gasteiger partial charge in [0.15, 0.2) is 11.5 Å². The van der Waals surface area contributed by atoms with Crippen molar-refractivity contribution in [2.24, 2.45) is 5.92 Å². The second-order valence-electron chi connectivity index (χ2n) is 4.28. The lowest BCUT2D eigenvalue weighted by molar-refractivity contribution is 0.123. The summed E-state index contributed by atoms with van der Waals surface area (Å²) in [5, 5.41) is 10.1. The van der Waals surface area contributed by atoms with Crippen LogP contribution in [0.2, 0.25) is 0 Å². The molecule has 16 heavy (non-hydrogen) atoms. The second-order valence-corrected chi connectivity index (χ2v) is 4.28. The van der Waals surface area contributed by atoms with Gasteiger partial charge in [-0.05, 0) is 30.5 Å². The van der Waals surface area contributed by atoms with Gasteiger partial charge in [-0.15, -0.1) is 0 Å². The summed E-state index contributed by atoms with van der Waals surface area (Å²) < 4.78 is 10.6. The molecule has 0 saturated carbocycles. The lowest BCUT2D eigenvalue weighted by atomic mass is 9.96. The normalized spacial score (nSPS) is 12.7. The van der Waals surface area contributed by atoms with Gasteiger partial charge in [0.25, 0.3) is 0 Å². The quantitative estimate of drug-likeness (QED) is 0.854. The highest BCUT2D eigenvalue weighted by atomic mass is 16.5. The van der Waals surface area contributed by atoms with Crippen LogP contribution in [0.15, 0.2) is 12.1 Å². The smallest absolute Gasteiger partial charge is 0.166 e. The maximum atomic E-state index is 10.1. The van der Waals surface area contributed by atoms with Crippen molar-refractivity contribution >= 4 is 0 Å². The molecule has 1 aromatic rings. The average Bonchev–Trinajstić information content (AvgIpc) is 2.26. The number of aryl methyl sites for hydroxylation is 1. The van der Waals surface area contributed by atoms with Gasteiger partial charge in [0.2, 0.25) is 0 Å². The molecule has 1 rings (SSSR count). The predicted molar refractivity (Wildman–Crippen MR) is 64.1 cm³/mol. The van der Waals surface area contributed by atoms with Gasteiger partial charge in [0.05, 0.1) is 20.3 Å². The van der Waals surface area contributed by atoms with Gasteiger partial charge < -0.3 is 14.6 Å². The summed E-state index contributed by atoms with van der Waals surface area (Å²) in [5.74, 6) is 1.42. The summed E-state index contributed by atoms with van der Waals surface area (Å²) in [6.45, 7) is 5.91. The number of aliphatic hydroxyl groups is 1. The Balaban J connectivity index is 3.30. The molecule has 0 bridgehead atoms. The van der Waals surface area contributed by atoms with Gasteiger partial charge in [-0.1, -0.05) is 13.8 Å². The van der Waals surface area contributed by atoms with E-state index in [0.717, 1.165) is 11.1 Å². The molecule has 0 aliphatic heterocycles. The molecule has 3 nitrogen and oxygen atoms in total. The number of hydrogen-bond acceptors (Lipinski definition) is 3. The fourth-order valence-corrected chi connectivity index (χ4v) is 1.72. The van der Waals surface area contributed by atoms with Gasteiger partial charge in [0, 0.05) is 5.56 Å². The van der Waals surface area contributed by atoms with Gasteiger partial charge >= 0.3 is 0 Å². The number of aliphatic hydroxyl groups excluding tert-OH is 1. The minimum Gasteiger partial charge on any atom is -0.493 e. The van der Waals surface area contributed by atoms with Crippen molar-refractivity contribution in [1.29, 1.82) is 0 Å². The molecule has 1 aromatic carbocycles. The molecule has 0 spiro atoms. The van der Waals surface area contributed by atoms with E-state index in [1.165, 1.54) is 0 Å². The van der Waals surface area contributed by atoms with E-state index in [-0.39, 0.29) is 5.92 Å². The number of ether oxygens (including phenoxy) is 2. The van der Waals surface area contributed by atoms with E-state index in [1.807, 2.05) is 32.9 Å². The molecule has 0 saturated heterocycles. The summed E-state index contributed by atoms with van der Waals surface area (Å²) in [6, 6.07) is 3.83. The molecule has 0 amide bonds. The van der Waals surface area contributed by atoms with Gasteiger partial charge in [-0.2, -0.15) is 0 Å². The SMILES string of the molecule is COc1cc(C)cc(C(O)C(C)C)c1OC. The molecule has 90 valence electrons. The first-order valence-corrected chi connectivity index (χ1v) is 5.41. The van der Waals surface area contributed by atoms with Crippen molar-refractivity contribution < 1.29 is 14.6 Å². The Hall–Kier alpha value is -1.22. The Bertz CT molecular complexity index is 358. The Morgan fingerprint density at radius 1 is 1.12 bits per heavy atom. The third-order valence-electron chi connectivity index (χ3n) is 2.60. The maximum Gasteiger partial charge on any atom is 0.166 e. The van der Waals surface area contributed by atoms with Crippen molar-refractivity contribution in [1.82, 2.24) is 0 Å². The summed E-state index contributed by atoms with van der Waals surface area (Å²) in [6.07, 6.45) is -0.538. The molecule has 0 heterocycles. The van der Waals surface area contributed by atoms with Gasteiger partial charge in [-0.25, -0.2) is 0 Å². The van der Waals surface area contributed by atoms with Crippen LogP contribution >= 0.6 is 0 Å². The molecule has 3 heteroatoms. The highest BCUT2D eigenvalue weighted by Gasteiger charge is 2.20. The molecular formula is C13H20O3. The van der Waals surface area contributed by atoms with Crippen LogP contribution in [0, 0.1) is 12.8 Å². The minimum absolute atomic E-state index is 0.139. The highest BCUT2D eigenvalue weighted by Crippen LogP contribution is 2.38. The number of hydrogen-bond donors (Lipinski definition) is 1. The number of benzene rings is 1. The molecule has 1 unspecified atom stereocenters. The number of methoxy groups -OCH3 is 2. The molecule has 0 aliphatic carbocycles. The third kappa shape index (κ3) is 2.47. The third-order valence-corrected chi connectivity index (χ3v) is 2.60. The first kappa shape index (κ1) is 12.8. The summed E-state index contributed by atoms with van der Waals surface area (Å²) in [4.78, 5) is 0. The van der Waals surface area contributed by atoms with Gasteiger partial charge in [-0.3, -0.25) is 0 Å². The lowest BCUT2D eigenvalue weighted by Gasteiger charge is -2.20. The largest absolute Gasteiger partial charge is 0.493 e. The Labute approximate surface area is 97.0 Å². The van der Waals surface area contributed by atoms with Crippen LogP contribution in [0.25, 0.3) is 0 Å². The van der Waals surface area contributed by atoms with Crippen LogP contribution in [0.1, 0.15) is 31.1 Å². The van der Waals surface area contributed by atoms with Crippen molar-refractivity contribution in [3.63, 3.8) is 0 Å². The van der Waals surface area contributed by atoms with E-state index in [9.17, 15) is 5.11 Å². The predicted octanol–water partition coefficient (Wildman–Crippen LogP) is 2.70. The highest BCUT2D eigenvalue weighted by molar-refractivity contribution is 5.50. The molecule has 1 N–H and O–H groups in total. The van der Waals surface area contributed by atoms with E-state index in [0.29, 0.717) is 11.5 Å². The van der Waals surface area contributed by atoms with Crippen molar-refractivity contribution in [2.45, 2.75) is 26.9 Å². The van der Waals surface area contributed by atoms with E-state index in [2.05, 4.69) is 0 Å². The first-order chi connectivity index (χ1) is 7.51. The van der Waals surface area contributed by atoms with Crippen LogP contribution < -0.4 is 9.47 Å². The van der Waals surface area contributed by atoms with Crippen LogP contribution in [0.3, 0.4) is 0 Å². The average molecular weight is 224 g/mol. The summed E-state index contributed by atoms with van der Waals surface area (Å²) in [5.41, 5.74) is 1.83. The minimum atomic E-state index is -0.538. The Morgan fingerprint density at radius 3 is 2.19 bits per heavy atom. The zero-order chi connectivity index (χ0) is 12.3. The fourth-order valence-electron chi connectivity index (χ4n) is 1.72. The molecule has 0 aliphatic rings. The molecular weight excluding hydrogens is 204 g/mol. The maximum absolute atomic E-state index is 10.1. The Morgan fingerprint density at radius 2 is 1.75 bits per heavy atom. The van der Waals surface area contributed by atoms with Crippen LogP contribution in [0.4, 0.5) is 0 Å². The fraction of sp³-hybridized carbons (Fsp3) is 0.538. The van der Waals surface area contributed by atoms with E-state index in [1.54, 1.807) is 14.2 Å². The number of rotatable bonds is 4. The lowest BCUT2D eigenvalue weighted by Crippen LogP contribution is -2.08. The van der Waals surface area contributed by atoms with E-state index in [4.69, 9.17) is 9.47 Å². The van der Waals surface area contributed by atoms with Gasteiger partial charge in [0.1, 0.15) is 0 Å². The van der Waals surface area contributed by atoms with Crippen molar-refractivity contribution in [3.8, 4) is 11.5 Å². The van der Waals surface area contributed by atoms with E-state index >= 15 is 0 Å². The zero-order valence-electron chi connectivity index (χ0n) is 10.6. The second kappa shape index (κ2) is 5.21. The van der Waals surface area contributed by atoms with E-state index < -0.39 is 6.10 Å². The monoisotopic (exact) mass is 224 g/mol. The standard InChI is InChI=1S/C13H20O3/c1-8(2)12(14)10-6-9(3)7-11(15-4)13(10)16-5/h6-8,12,14H,1-5H3. The Kier molecular flexibility index (Phi) is 4.19.